The van der Waals surface area contributed by atoms with Crippen molar-refractivity contribution in [1.82, 2.24) is 5.32 Å². The predicted molar refractivity (Wildman–Crippen MR) is 120 cm³/mol. The second-order valence-corrected chi connectivity index (χ2v) is 8.10. The van der Waals surface area contributed by atoms with Gasteiger partial charge in [0.15, 0.2) is 12.6 Å². The third-order valence-electron chi connectivity index (χ3n) is 5.05. The standard InChI is InChI=1S/C23H31N3O2S/c1-5-11-19(18-12-7-6-8-13-18)25-23(28)17(2)26(3)16-22(27)24-20-14-9-10-15-21(20)29-4/h6-10,12-15,17,19H,5,11,16H2,1-4H3,(H,24,27)(H,25,28)/p+1/t17-,19+/m1/s1. The van der Waals surface area contributed by atoms with Crippen molar-refractivity contribution in [3.05, 3.63) is 60.2 Å². The van der Waals surface area contributed by atoms with Gasteiger partial charge < -0.3 is 15.5 Å². The molecule has 0 bridgehead atoms. The molecule has 0 heterocycles. The lowest BCUT2D eigenvalue weighted by Crippen LogP contribution is -3.15. The molecule has 0 aliphatic rings. The highest BCUT2D eigenvalue weighted by atomic mass is 32.2. The van der Waals surface area contributed by atoms with Gasteiger partial charge in [0, 0.05) is 4.90 Å². The van der Waals surface area contributed by atoms with Gasteiger partial charge in [-0.15, -0.1) is 11.8 Å². The van der Waals surface area contributed by atoms with Crippen LogP contribution in [0.5, 0.6) is 0 Å². The zero-order valence-electron chi connectivity index (χ0n) is 17.7. The largest absolute Gasteiger partial charge is 0.344 e. The van der Waals surface area contributed by atoms with E-state index in [-0.39, 0.29) is 30.4 Å². The van der Waals surface area contributed by atoms with Crippen molar-refractivity contribution in [3.63, 3.8) is 0 Å². The Morgan fingerprint density at radius 2 is 1.72 bits per heavy atom. The van der Waals surface area contributed by atoms with Crippen molar-refractivity contribution in [2.45, 2.75) is 43.7 Å². The van der Waals surface area contributed by atoms with Gasteiger partial charge in [0.25, 0.3) is 11.8 Å². The van der Waals surface area contributed by atoms with Crippen molar-refractivity contribution in [2.24, 2.45) is 0 Å². The molecule has 2 amide bonds. The molecule has 5 nitrogen and oxygen atoms in total. The summed E-state index contributed by atoms with van der Waals surface area (Å²) in [5, 5.41) is 6.12. The first-order valence-corrected chi connectivity index (χ1v) is 11.3. The number of hydrogen-bond acceptors (Lipinski definition) is 3. The third-order valence-corrected chi connectivity index (χ3v) is 5.84. The van der Waals surface area contributed by atoms with E-state index in [0.717, 1.165) is 33.9 Å². The maximum atomic E-state index is 12.8. The molecule has 6 heteroatoms. The Kier molecular flexibility index (Phi) is 9.22. The molecule has 0 saturated carbocycles. The van der Waals surface area contributed by atoms with Gasteiger partial charge in [-0.05, 0) is 37.3 Å². The van der Waals surface area contributed by atoms with E-state index in [1.807, 2.05) is 74.8 Å². The number of para-hydroxylation sites is 1. The van der Waals surface area contributed by atoms with Crippen LogP contribution in [0, 0.1) is 0 Å². The van der Waals surface area contributed by atoms with E-state index in [1.165, 1.54) is 0 Å². The maximum Gasteiger partial charge on any atom is 0.279 e. The fourth-order valence-electron chi connectivity index (χ4n) is 3.17. The minimum Gasteiger partial charge on any atom is -0.344 e. The van der Waals surface area contributed by atoms with Crippen LogP contribution < -0.4 is 15.5 Å². The number of anilines is 1. The summed E-state index contributed by atoms with van der Waals surface area (Å²) in [5.41, 5.74) is 1.92. The zero-order chi connectivity index (χ0) is 21.2. The van der Waals surface area contributed by atoms with Crippen LogP contribution in [0.25, 0.3) is 0 Å². The number of benzene rings is 2. The maximum absolute atomic E-state index is 12.8. The molecule has 0 aliphatic heterocycles. The molecule has 156 valence electrons. The molecule has 0 spiro atoms. The summed E-state index contributed by atoms with van der Waals surface area (Å²) in [7, 11) is 1.88. The van der Waals surface area contributed by atoms with E-state index in [9.17, 15) is 9.59 Å². The van der Waals surface area contributed by atoms with E-state index in [2.05, 4.69) is 17.6 Å². The number of thioether (sulfide) groups is 1. The number of quaternary nitrogens is 1. The first kappa shape index (κ1) is 23.0. The second kappa shape index (κ2) is 11.6. The molecule has 3 atom stereocenters. The second-order valence-electron chi connectivity index (χ2n) is 7.25. The number of hydrogen-bond donors (Lipinski definition) is 3. The Hall–Kier alpha value is -2.31. The fraction of sp³-hybridized carbons (Fsp3) is 0.391. The molecular formula is C23H32N3O2S+. The quantitative estimate of drug-likeness (QED) is 0.524. The molecule has 2 rings (SSSR count). The van der Waals surface area contributed by atoms with Gasteiger partial charge in [-0.1, -0.05) is 55.8 Å². The minimum absolute atomic E-state index is 0.00812. The van der Waals surface area contributed by atoms with Crippen LogP contribution in [0.4, 0.5) is 5.69 Å². The Bertz CT molecular complexity index is 798. The lowest BCUT2D eigenvalue weighted by Gasteiger charge is -2.24. The SMILES string of the molecule is CCC[C@H](NC(=O)[C@@H](C)[NH+](C)CC(=O)Nc1ccccc1SC)c1ccccc1. The molecule has 0 aromatic heterocycles. The van der Waals surface area contributed by atoms with Gasteiger partial charge in [0.2, 0.25) is 0 Å². The molecule has 3 N–H and O–H groups in total. The molecule has 2 aromatic carbocycles. The van der Waals surface area contributed by atoms with Gasteiger partial charge in [-0.25, -0.2) is 0 Å². The number of amides is 2. The number of carbonyl (C=O) groups is 2. The Morgan fingerprint density at radius 3 is 2.38 bits per heavy atom. The summed E-state index contributed by atoms with van der Waals surface area (Å²) >= 11 is 1.59. The highest BCUT2D eigenvalue weighted by Gasteiger charge is 2.26. The lowest BCUT2D eigenvalue weighted by atomic mass is 10.0. The van der Waals surface area contributed by atoms with E-state index in [4.69, 9.17) is 0 Å². The molecule has 0 fully saturated rings. The van der Waals surface area contributed by atoms with Crippen LogP contribution in [0.2, 0.25) is 0 Å². The van der Waals surface area contributed by atoms with Crippen LogP contribution in [0.15, 0.2) is 59.5 Å². The summed E-state index contributed by atoms with van der Waals surface area (Å²) in [6.45, 7) is 4.20. The predicted octanol–water partition coefficient (Wildman–Crippen LogP) is 2.91. The number of likely N-dealkylation sites (N-methyl/N-ethyl adjacent to an activating group) is 1. The summed E-state index contributed by atoms with van der Waals surface area (Å²) in [4.78, 5) is 27.2. The summed E-state index contributed by atoms with van der Waals surface area (Å²) in [5.74, 6) is -0.140. The van der Waals surface area contributed by atoms with Crippen molar-refractivity contribution in [1.29, 1.82) is 0 Å². The van der Waals surface area contributed by atoms with Gasteiger partial charge in [-0.2, -0.15) is 0 Å². The van der Waals surface area contributed by atoms with Crippen LogP contribution in [-0.2, 0) is 9.59 Å². The fourth-order valence-corrected chi connectivity index (χ4v) is 3.72. The Balaban J connectivity index is 1.94. The van der Waals surface area contributed by atoms with E-state index < -0.39 is 0 Å². The average Bonchev–Trinajstić information content (AvgIpc) is 2.73. The topological polar surface area (TPSA) is 62.6 Å². The summed E-state index contributed by atoms with van der Waals surface area (Å²) in [6.07, 6.45) is 3.84. The number of nitrogens with one attached hydrogen (secondary N) is 3. The minimum atomic E-state index is -0.334. The Morgan fingerprint density at radius 1 is 1.07 bits per heavy atom. The summed E-state index contributed by atoms with van der Waals surface area (Å²) < 4.78 is 0. The van der Waals surface area contributed by atoms with Crippen LogP contribution in [-0.4, -0.2) is 37.7 Å². The molecule has 1 unspecified atom stereocenters. The molecule has 2 aromatic rings. The van der Waals surface area contributed by atoms with E-state index in [0.29, 0.717) is 0 Å². The molecule has 29 heavy (non-hydrogen) atoms. The van der Waals surface area contributed by atoms with Crippen molar-refractivity contribution in [3.8, 4) is 0 Å². The zero-order valence-corrected chi connectivity index (χ0v) is 18.5. The van der Waals surface area contributed by atoms with E-state index in [1.54, 1.807) is 11.8 Å². The molecule has 0 saturated heterocycles. The van der Waals surface area contributed by atoms with E-state index >= 15 is 0 Å². The van der Waals surface area contributed by atoms with Gasteiger partial charge in [0.05, 0.1) is 18.8 Å². The molecule has 0 aliphatic carbocycles. The van der Waals surface area contributed by atoms with Crippen LogP contribution >= 0.6 is 11.8 Å². The van der Waals surface area contributed by atoms with Gasteiger partial charge in [-0.3, -0.25) is 9.59 Å². The highest BCUT2D eigenvalue weighted by molar-refractivity contribution is 7.98. The van der Waals surface area contributed by atoms with Crippen molar-refractivity contribution < 1.29 is 14.5 Å². The first-order chi connectivity index (χ1) is 14.0. The monoisotopic (exact) mass is 414 g/mol. The molecular weight excluding hydrogens is 382 g/mol. The van der Waals surface area contributed by atoms with Crippen molar-refractivity contribution in [2.75, 3.05) is 25.2 Å². The Labute approximate surface area is 178 Å². The third kappa shape index (κ3) is 6.91. The normalized spacial score (nSPS) is 13.9. The lowest BCUT2D eigenvalue weighted by molar-refractivity contribution is -0.885. The smallest absolute Gasteiger partial charge is 0.279 e. The summed E-state index contributed by atoms with van der Waals surface area (Å²) in [6, 6.07) is 17.4. The van der Waals surface area contributed by atoms with Gasteiger partial charge >= 0.3 is 0 Å². The van der Waals surface area contributed by atoms with Gasteiger partial charge in [0.1, 0.15) is 0 Å². The highest BCUT2D eigenvalue weighted by Crippen LogP contribution is 2.24. The average molecular weight is 415 g/mol. The molecule has 0 radical (unpaired) electrons. The number of carbonyl (C=O) groups excluding carboxylic acids is 2. The van der Waals surface area contributed by atoms with Crippen LogP contribution in [0.1, 0.15) is 38.3 Å². The number of rotatable bonds is 10. The van der Waals surface area contributed by atoms with Crippen molar-refractivity contribution >= 4 is 29.3 Å². The first-order valence-electron chi connectivity index (χ1n) is 10.1. The van der Waals surface area contributed by atoms with Crippen LogP contribution in [0.3, 0.4) is 0 Å².